The van der Waals surface area contributed by atoms with Gasteiger partial charge in [-0.05, 0) is 20.3 Å². The van der Waals surface area contributed by atoms with E-state index in [4.69, 9.17) is 24.7 Å². The average Bonchev–Trinajstić information content (AvgIpc) is 3.06. The first kappa shape index (κ1) is 21.1. The molecular formula is C20H39NO4. The molecule has 0 aromatic carbocycles. The Bertz CT molecular complexity index is 364. The largest absolute Gasteiger partial charge is 0.350 e. The van der Waals surface area contributed by atoms with Gasteiger partial charge in [0.25, 0.3) is 0 Å². The number of hydrogen-bond donors (Lipinski definition) is 1. The Morgan fingerprint density at radius 3 is 2.00 bits per heavy atom. The van der Waals surface area contributed by atoms with Crippen LogP contribution >= 0.6 is 0 Å². The minimum atomic E-state index is -0.578. The van der Waals surface area contributed by atoms with Crippen LogP contribution in [0.1, 0.15) is 85.0 Å². The number of unbranched alkanes of at least 4 members (excludes halogenated alkanes) is 9. The summed E-state index contributed by atoms with van der Waals surface area (Å²) >= 11 is 0. The summed E-state index contributed by atoms with van der Waals surface area (Å²) in [5, 5.41) is 0. The van der Waals surface area contributed by atoms with Crippen molar-refractivity contribution >= 4 is 0 Å². The molecule has 0 bridgehead atoms. The van der Waals surface area contributed by atoms with Crippen molar-refractivity contribution in [2.45, 2.75) is 115 Å². The molecule has 0 amide bonds. The van der Waals surface area contributed by atoms with Crippen LogP contribution in [0.3, 0.4) is 0 Å². The van der Waals surface area contributed by atoms with Gasteiger partial charge in [-0.15, -0.1) is 0 Å². The summed E-state index contributed by atoms with van der Waals surface area (Å²) < 4.78 is 23.6. The van der Waals surface area contributed by atoms with E-state index >= 15 is 0 Å². The molecule has 5 heteroatoms. The average molecular weight is 358 g/mol. The fourth-order valence-corrected chi connectivity index (χ4v) is 3.76. The molecule has 0 aliphatic carbocycles. The topological polar surface area (TPSA) is 62.9 Å². The van der Waals surface area contributed by atoms with Gasteiger partial charge in [0.15, 0.2) is 12.1 Å². The molecule has 0 spiro atoms. The summed E-state index contributed by atoms with van der Waals surface area (Å²) in [5.41, 5.74) is 5.79. The summed E-state index contributed by atoms with van der Waals surface area (Å²) in [5.74, 6) is -0.578. The zero-order chi connectivity index (χ0) is 18.1. The van der Waals surface area contributed by atoms with Gasteiger partial charge in [-0.25, -0.2) is 0 Å². The predicted molar refractivity (Wildman–Crippen MR) is 99.3 cm³/mol. The van der Waals surface area contributed by atoms with E-state index in [1.165, 1.54) is 57.8 Å². The van der Waals surface area contributed by atoms with E-state index in [0.717, 1.165) is 6.42 Å². The summed E-state index contributed by atoms with van der Waals surface area (Å²) in [7, 11) is 0. The van der Waals surface area contributed by atoms with Crippen molar-refractivity contribution in [1.82, 2.24) is 0 Å². The maximum atomic E-state index is 5.94. The molecule has 0 aromatic rings. The van der Waals surface area contributed by atoms with Crippen molar-refractivity contribution < 1.29 is 18.9 Å². The quantitative estimate of drug-likeness (QED) is 0.502. The first-order valence-electron chi connectivity index (χ1n) is 10.4. The molecule has 2 heterocycles. The molecule has 2 saturated heterocycles. The Hall–Kier alpha value is -0.200. The monoisotopic (exact) mass is 357 g/mol. The molecule has 0 unspecified atom stereocenters. The van der Waals surface area contributed by atoms with Crippen LogP contribution in [0.15, 0.2) is 0 Å². The maximum absolute atomic E-state index is 5.94. The molecule has 2 N–H and O–H groups in total. The third-order valence-corrected chi connectivity index (χ3v) is 5.12. The first-order valence-corrected chi connectivity index (χ1v) is 10.4. The van der Waals surface area contributed by atoms with Gasteiger partial charge in [-0.1, -0.05) is 64.7 Å². The molecule has 4 atom stereocenters. The van der Waals surface area contributed by atoms with Crippen LogP contribution in [-0.4, -0.2) is 43.5 Å². The van der Waals surface area contributed by atoms with Crippen molar-refractivity contribution in [3.63, 3.8) is 0 Å². The number of hydrogen-bond acceptors (Lipinski definition) is 5. The number of rotatable bonds is 13. The van der Waals surface area contributed by atoms with Gasteiger partial charge in [0.05, 0.1) is 0 Å². The zero-order valence-corrected chi connectivity index (χ0v) is 16.5. The van der Waals surface area contributed by atoms with Crippen LogP contribution in [-0.2, 0) is 18.9 Å². The highest BCUT2D eigenvalue weighted by Gasteiger charge is 2.55. The minimum Gasteiger partial charge on any atom is -0.350 e. The number of nitrogens with two attached hydrogens (primary N) is 1. The third kappa shape index (κ3) is 6.79. The fourth-order valence-electron chi connectivity index (χ4n) is 3.76. The molecule has 148 valence electrons. The summed E-state index contributed by atoms with van der Waals surface area (Å²) in [6.07, 6.45) is 12.5. The van der Waals surface area contributed by atoms with Gasteiger partial charge in [0.1, 0.15) is 18.3 Å². The van der Waals surface area contributed by atoms with Crippen LogP contribution in [0.2, 0.25) is 0 Å². The van der Waals surface area contributed by atoms with E-state index in [0.29, 0.717) is 13.2 Å². The predicted octanol–water partition coefficient (Wildman–Crippen LogP) is 4.13. The maximum Gasteiger partial charge on any atom is 0.187 e. The van der Waals surface area contributed by atoms with E-state index in [9.17, 15) is 0 Å². The van der Waals surface area contributed by atoms with Gasteiger partial charge in [-0.3, -0.25) is 0 Å². The van der Waals surface area contributed by atoms with E-state index < -0.39 is 5.79 Å². The second-order valence-corrected chi connectivity index (χ2v) is 7.90. The SMILES string of the molecule is CCCCCCCCCCCCO[C@H]1O[C@H](CN)[C@@H]2OC(C)(C)O[C@H]12. The molecule has 5 nitrogen and oxygen atoms in total. The highest BCUT2D eigenvalue weighted by molar-refractivity contribution is 4.95. The van der Waals surface area contributed by atoms with Crippen molar-refractivity contribution in [3.8, 4) is 0 Å². The van der Waals surface area contributed by atoms with E-state index in [2.05, 4.69) is 6.92 Å². The van der Waals surface area contributed by atoms with Gasteiger partial charge < -0.3 is 24.7 Å². The van der Waals surface area contributed by atoms with Crippen molar-refractivity contribution in [2.24, 2.45) is 5.73 Å². The molecule has 0 saturated carbocycles. The van der Waals surface area contributed by atoms with E-state index in [-0.39, 0.29) is 24.6 Å². The summed E-state index contributed by atoms with van der Waals surface area (Å²) in [6, 6.07) is 0. The Kier molecular flexibility index (Phi) is 9.14. The summed E-state index contributed by atoms with van der Waals surface area (Å²) in [6.45, 7) is 7.27. The molecule has 0 radical (unpaired) electrons. The molecular weight excluding hydrogens is 318 g/mol. The Balaban J connectivity index is 1.51. The fraction of sp³-hybridized carbons (Fsp3) is 1.00. The molecule has 0 aromatic heterocycles. The van der Waals surface area contributed by atoms with Gasteiger partial charge >= 0.3 is 0 Å². The van der Waals surface area contributed by atoms with Crippen LogP contribution in [0.4, 0.5) is 0 Å². The highest BCUT2D eigenvalue weighted by Crippen LogP contribution is 2.38. The molecule has 25 heavy (non-hydrogen) atoms. The zero-order valence-electron chi connectivity index (χ0n) is 16.5. The highest BCUT2D eigenvalue weighted by atomic mass is 16.8. The van der Waals surface area contributed by atoms with E-state index in [1.807, 2.05) is 13.8 Å². The van der Waals surface area contributed by atoms with Gasteiger partial charge in [0.2, 0.25) is 0 Å². The van der Waals surface area contributed by atoms with Crippen LogP contribution in [0, 0.1) is 0 Å². The summed E-state index contributed by atoms with van der Waals surface area (Å²) in [4.78, 5) is 0. The molecule has 2 aliphatic heterocycles. The first-order chi connectivity index (χ1) is 12.1. The number of ether oxygens (including phenoxy) is 4. The van der Waals surface area contributed by atoms with Gasteiger partial charge in [0, 0.05) is 13.2 Å². The second-order valence-electron chi connectivity index (χ2n) is 7.90. The van der Waals surface area contributed by atoms with Crippen LogP contribution < -0.4 is 5.73 Å². The lowest BCUT2D eigenvalue weighted by atomic mass is 10.1. The minimum absolute atomic E-state index is 0.113. The molecule has 2 fully saturated rings. The van der Waals surface area contributed by atoms with Crippen molar-refractivity contribution in [3.05, 3.63) is 0 Å². The van der Waals surface area contributed by atoms with Gasteiger partial charge in [-0.2, -0.15) is 0 Å². The standard InChI is InChI=1S/C20H39NO4/c1-4-5-6-7-8-9-10-11-12-13-14-22-19-18-17(16(15-21)23-19)24-20(2,3)25-18/h16-19H,4-15,21H2,1-3H3/t16-,17+,18+,19+/m1/s1. The molecule has 2 aliphatic rings. The lowest BCUT2D eigenvalue weighted by Crippen LogP contribution is -2.34. The third-order valence-electron chi connectivity index (χ3n) is 5.12. The Morgan fingerprint density at radius 2 is 1.40 bits per heavy atom. The second kappa shape index (κ2) is 10.8. The smallest absolute Gasteiger partial charge is 0.187 e. The lowest BCUT2D eigenvalue weighted by molar-refractivity contribution is -0.232. The normalized spacial score (nSPS) is 30.7. The lowest BCUT2D eigenvalue weighted by Gasteiger charge is -2.23. The van der Waals surface area contributed by atoms with Crippen molar-refractivity contribution in [1.29, 1.82) is 0 Å². The number of fused-ring (bicyclic) bond motifs is 1. The van der Waals surface area contributed by atoms with Crippen LogP contribution in [0.5, 0.6) is 0 Å². The molecule has 2 rings (SSSR count). The van der Waals surface area contributed by atoms with Crippen molar-refractivity contribution in [2.75, 3.05) is 13.2 Å². The van der Waals surface area contributed by atoms with Crippen LogP contribution in [0.25, 0.3) is 0 Å². The van der Waals surface area contributed by atoms with E-state index in [1.54, 1.807) is 0 Å². The Labute approximate surface area is 153 Å². The Morgan fingerprint density at radius 1 is 0.840 bits per heavy atom.